The minimum absolute atomic E-state index is 0.423. The van der Waals surface area contributed by atoms with Crippen molar-refractivity contribution in [3.63, 3.8) is 0 Å². The number of rotatable bonds is 6. The maximum absolute atomic E-state index is 4.04. The highest BCUT2D eigenvalue weighted by Gasteiger charge is 2.07. The highest BCUT2D eigenvalue weighted by Crippen LogP contribution is 2.25. The number of thiophene rings is 1. The largest absolute Gasteiger partial charge is 0.309 e. The minimum atomic E-state index is 0.423. The molecule has 0 saturated heterocycles. The fourth-order valence-corrected chi connectivity index (χ4v) is 3.36. The summed E-state index contributed by atoms with van der Waals surface area (Å²) in [6.45, 7) is 5.31. The van der Waals surface area contributed by atoms with Crippen molar-refractivity contribution in [1.82, 2.24) is 15.5 Å². The molecular weight excluding hydrogens is 310 g/mol. The second kappa shape index (κ2) is 6.50. The van der Waals surface area contributed by atoms with Gasteiger partial charge in [0.1, 0.15) is 0 Å². The predicted octanol–water partition coefficient (Wildman–Crippen LogP) is 3.83. The van der Waals surface area contributed by atoms with E-state index in [0.29, 0.717) is 6.04 Å². The molecule has 0 radical (unpaired) electrons. The summed E-state index contributed by atoms with van der Waals surface area (Å²) >= 11 is 5.28. The van der Waals surface area contributed by atoms with Gasteiger partial charge in [0.25, 0.3) is 0 Å². The molecular formula is C13H18BrN3S. The molecule has 0 aliphatic rings. The Labute approximate surface area is 120 Å². The highest BCUT2D eigenvalue weighted by molar-refractivity contribution is 9.10. The van der Waals surface area contributed by atoms with Gasteiger partial charge < -0.3 is 5.32 Å². The number of aromatic nitrogens is 2. The highest BCUT2D eigenvalue weighted by atomic mass is 79.9. The van der Waals surface area contributed by atoms with Gasteiger partial charge in [-0.3, -0.25) is 5.10 Å². The van der Waals surface area contributed by atoms with Crippen LogP contribution in [-0.4, -0.2) is 16.7 Å². The first-order valence-corrected chi connectivity index (χ1v) is 7.80. The predicted molar refractivity (Wildman–Crippen MR) is 80.1 cm³/mol. The average molecular weight is 328 g/mol. The summed E-state index contributed by atoms with van der Waals surface area (Å²) in [5, 5.41) is 12.7. The van der Waals surface area contributed by atoms with Crippen LogP contribution in [0.3, 0.4) is 0 Å². The molecule has 0 aromatic carbocycles. The molecule has 5 heteroatoms. The smallest absolute Gasteiger partial charge is 0.0522 e. The van der Waals surface area contributed by atoms with Gasteiger partial charge in [-0.15, -0.1) is 11.3 Å². The number of aryl methyl sites for hydroxylation is 2. The van der Waals surface area contributed by atoms with Crippen LogP contribution in [0.25, 0.3) is 0 Å². The zero-order chi connectivity index (χ0) is 13.0. The van der Waals surface area contributed by atoms with Crippen molar-refractivity contribution in [2.75, 3.05) is 6.54 Å². The standard InChI is InChI=1S/C13H18BrN3S/c1-9-11(7-16-17-9)4-3-5-15-10(2)13-6-12(14)8-18-13/h6-8,10,15H,3-5H2,1-2H3,(H,16,17). The van der Waals surface area contributed by atoms with Crippen LogP contribution in [0.5, 0.6) is 0 Å². The number of hydrogen-bond donors (Lipinski definition) is 2. The lowest BCUT2D eigenvalue weighted by Crippen LogP contribution is -2.19. The summed E-state index contributed by atoms with van der Waals surface area (Å²) in [6.07, 6.45) is 4.14. The Hall–Kier alpha value is -0.650. The second-order valence-electron chi connectivity index (χ2n) is 4.47. The van der Waals surface area contributed by atoms with E-state index >= 15 is 0 Å². The molecule has 1 atom stereocenters. The Balaban J connectivity index is 1.71. The van der Waals surface area contributed by atoms with Crippen molar-refractivity contribution in [2.45, 2.75) is 32.7 Å². The summed E-state index contributed by atoms with van der Waals surface area (Å²) in [5.41, 5.74) is 2.51. The summed E-state index contributed by atoms with van der Waals surface area (Å²) in [7, 11) is 0. The van der Waals surface area contributed by atoms with E-state index in [4.69, 9.17) is 0 Å². The zero-order valence-corrected chi connectivity index (χ0v) is 13.1. The van der Waals surface area contributed by atoms with Crippen LogP contribution in [-0.2, 0) is 6.42 Å². The molecule has 2 aromatic rings. The van der Waals surface area contributed by atoms with Crippen molar-refractivity contribution < 1.29 is 0 Å². The van der Waals surface area contributed by atoms with Crippen molar-refractivity contribution in [1.29, 1.82) is 0 Å². The van der Waals surface area contributed by atoms with Gasteiger partial charge in [-0.25, -0.2) is 0 Å². The molecule has 0 fully saturated rings. The number of H-pyrrole nitrogens is 1. The van der Waals surface area contributed by atoms with Crippen LogP contribution in [0.15, 0.2) is 22.1 Å². The number of nitrogens with zero attached hydrogens (tertiary/aromatic N) is 1. The Kier molecular flexibility index (Phi) is 4.97. The van der Waals surface area contributed by atoms with Crippen LogP contribution in [0.2, 0.25) is 0 Å². The fraction of sp³-hybridized carbons (Fsp3) is 0.462. The van der Waals surface area contributed by atoms with E-state index in [1.807, 2.05) is 6.20 Å². The molecule has 2 N–H and O–H groups in total. The first kappa shape index (κ1) is 13.8. The number of halogens is 1. The lowest BCUT2D eigenvalue weighted by molar-refractivity contribution is 0.564. The summed E-state index contributed by atoms with van der Waals surface area (Å²) in [6, 6.07) is 2.61. The lowest BCUT2D eigenvalue weighted by Gasteiger charge is -2.11. The van der Waals surface area contributed by atoms with Gasteiger partial charge in [0.05, 0.1) is 6.20 Å². The van der Waals surface area contributed by atoms with Gasteiger partial charge in [-0.05, 0) is 60.8 Å². The monoisotopic (exact) mass is 327 g/mol. The number of aromatic amines is 1. The maximum Gasteiger partial charge on any atom is 0.0522 e. The second-order valence-corrected chi connectivity index (χ2v) is 6.33. The molecule has 1 unspecified atom stereocenters. The molecule has 2 rings (SSSR count). The van der Waals surface area contributed by atoms with Crippen molar-refractivity contribution in [2.24, 2.45) is 0 Å². The Morgan fingerprint density at radius 1 is 1.56 bits per heavy atom. The molecule has 18 heavy (non-hydrogen) atoms. The third kappa shape index (κ3) is 3.67. The number of nitrogens with one attached hydrogen (secondary N) is 2. The summed E-state index contributed by atoms with van der Waals surface area (Å²) < 4.78 is 1.17. The molecule has 3 nitrogen and oxygen atoms in total. The van der Waals surface area contributed by atoms with Gasteiger partial charge in [0.15, 0.2) is 0 Å². The van der Waals surface area contributed by atoms with Crippen molar-refractivity contribution >= 4 is 27.3 Å². The van der Waals surface area contributed by atoms with E-state index in [2.05, 4.69) is 56.7 Å². The van der Waals surface area contributed by atoms with E-state index < -0.39 is 0 Å². The first-order valence-electron chi connectivity index (χ1n) is 6.13. The molecule has 0 spiro atoms. The lowest BCUT2D eigenvalue weighted by atomic mass is 10.1. The Morgan fingerprint density at radius 2 is 2.39 bits per heavy atom. The maximum atomic E-state index is 4.04. The topological polar surface area (TPSA) is 40.7 Å². The molecule has 0 aliphatic carbocycles. The zero-order valence-electron chi connectivity index (χ0n) is 10.7. The SMILES string of the molecule is Cc1[nH]ncc1CCCNC(C)c1cc(Br)cs1. The van der Waals surface area contributed by atoms with E-state index in [9.17, 15) is 0 Å². The molecule has 2 aromatic heterocycles. The third-order valence-corrected chi connectivity index (χ3v) is 4.90. The van der Waals surface area contributed by atoms with Crippen molar-refractivity contribution in [3.05, 3.63) is 38.3 Å². The molecule has 2 heterocycles. The molecule has 0 bridgehead atoms. The molecule has 98 valence electrons. The van der Waals surface area contributed by atoms with E-state index in [-0.39, 0.29) is 0 Å². The average Bonchev–Trinajstić information content (AvgIpc) is 2.94. The molecule has 0 saturated carbocycles. The Morgan fingerprint density at radius 3 is 3.00 bits per heavy atom. The van der Waals surface area contributed by atoms with E-state index in [1.165, 1.54) is 20.6 Å². The van der Waals surface area contributed by atoms with Crippen LogP contribution in [0, 0.1) is 6.92 Å². The van der Waals surface area contributed by atoms with Gasteiger partial charge in [-0.1, -0.05) is 0 Å². The van der Waals surface area contributed by atoms with Gasteiger partial charge >= 0.3 is 0 Å². The van der Waals surface area contributed by atoms with Crippen LogP contribution < -0.4 is 5.32 Å². The fourth-order valence-electron chi connectivity index (χ4n) is 1.88. The van der Waals surface area contributed by atoms with Gasteiger partial charge in [-0.2, -0.15) is 5.10 Å². The molecule has 0 amide bonds. The first-order chi connectivity index (χ1) is 8.66. The van der Waals surface area contributed by atoms with Crippen molar-refractivity contribution in [3.8, 4) is 0 Å². The molecule has 0 aliphatic heterocycles. The van der Waals surface area contributed by atoms with E-state index in [1.54, 1.807) is 11.3 Å². The van der Waals surface area contributed by atoms with Crippen LogP contribution in [0.4, 0.5) is 0 Å². The van der Waals surface area contributed by atoms with E-state index in [0.717, 1.165) is 19.4 Å². The minimum Gasteiger partial charge on any atom is -0.309 e. The number of hydrogen-bond acceptors (Lipinski definition) is 3. The van der Waals surface area contributed by atoms with Crippen LogP contribution >= 0.6 is 27.3 Å². The Bertz CT molecular complexity index is 492. The van der Waals surface area contributed by atoms with Gasteiger partial charge in [0, 0.05) is 26.5 Å². The van der Waals surface area contributed by atoms with Gasteiger partial charge in [0.2, 0.25) is 0 Å². The van der Waals surface area contributed by atoms with Crippen LogP contribution in [0.1, 0.15) is 35.5 Å². The quantitative estimate of drug-likeness (QED) is 0.792. The normalized spacial score (nSPS) is 12.8. The third-order valence-electron chi connectivity index (χ3n) is 3.02. The summed E-state index contributed by atoms with van der Waals surface area (Å²) in [4.78, 5) is 1.38. The summed E-state index contributed by atoms with van der Waals surface area (Å²) in [5.74, 6) is 0.